The van der Waals surface area contributed by atoms with E-state index in [1.165, 1.54) is 37.9 Å². The predicted molar refractivity (Wildman–Crippen MR) is 91.2 cm³/mol. The van der Waals surface area contributed by atoms with Crippen molar-refractivity contribution in [1.82, 2.24) is 14.9 Å². The Balaban J connectivity index is 0.00000110. The molecule has 122 valence electrons. The van der Waals surface area contributed by atoms with Crippen LogP contribution in [0.15, 0.2) is 6.20 Å². The summed E-state index contributed by atoms with van der Waals surface area (Å²) < 4.78 is 0. The lowest BCUT2D eigenvalue weighted by atomic mass is 9.99. The topological polar surface area (TPSA) is 57.9 Å². The molecule has 1 saturated heterocycles. The monoisotopic (exact) mass is 334 g/mol. The van der Waals surface area contributed by atoms with Crippen LogP contribution in [0.5, 0.6) is 0 Å². The van der Waals surface area contributed by atoms with Crippen molar-refractivity contribution in [1.29, 1.82) is 0 Å². The highest BCUT2D eigenvalue weighted by Crippen LogP contribution is 2.41. The Labute approximate surface area is 140 Å². The number of unbranched alkanes of at least 4 members (excludes halogenated alkanes) is 1. The Morgan fingerprint density at radius 2 is 2.10 bits per heavy atom. The highest BCUT2D eigenvalue weighted by molar-refractivity contribution is 5.85. The summed E-state index contributed by atoms with van der Waals surface area (Å²) in [5.74, 6) is 2.79. The van der Waals surface area contributed by atoms with Crippen LogP contribution < -0.4 is 5.73 Å². The molecule has 21 heavy (non-hydrogen) atoms. The van der Waals surface area contributed by atoms with E-state index in [1.807, 2.05) is 6.20 Å². The maximum absolute atomic E-state index is 6.27. The number of rotatable bonds is 6. The molecular formula is C15H28Cl2N4. The average molecular weight is 335 g/mol. The lowest BCUT2D eigenvalue weighted by Gasteiger charge is -2.14. The summed E-state index contributed by atoms with van der Waals surface area (Å²) >= 11 is 0. The molecule has 0 bridgehead atoms. The summed E-state index contributed by atoms with van der Waals surface area (Å²) in [6, 6.07) is 0.384. The first-order valence-corrected chi connectivity index (χ1v) is 7.77. The molecule has 1 aromatic heterocycles. The number of hydrogen-bond donors (Lipinski definition) is 2. The molecule has 4 nitrogen and oxygen atoms in total. The number of hydrogen-bond acceptors (Lipinski definition) is 3. The van der Waals surface area contributed by atoms with Crippen LogP contribution in [0.1, 0.15) is 44.1 Å². The Kier molecular flexibility index (Phi) is 7.48. The highest BCUT2D eigenvalue weighted by atomic mass is 35.5. The zero-order valence-electron chi connectivity index (χ0n) is 12.8. The van der Waals surface area contributed by atoms with Gasteiger partial charge in [0.15, 0.2) is 0 Å². The molecule has 1 aromatic rings. The molecule has 0 aromatic carbocycles. The van der Waals surface area contributed by atoms with Crippen LogP contribution >= 0.6 is 24.8 Å². The van der Waals surface area contributed by atoms with Crippen LogP contribution in [0.2, 0.25) is 0 Å². The fourth-order valence-electron chi connectivity index (χ4n) is 3.29. The van der Waals surface area contributed by atoms with Gasteiger partial charge >= 0.3 is 0 Å². The Morgan fingerprint density at radius 3 is 2.76 bits per heavy atom. The molecule has 1 aliphatic heterocycles. The number of halogens is 2. The minimum absolute atomic E-state index is 0. The zero-order valence-corrected chi connectivity index (χ0v) is 14.4. The van der Waals surface area contributed by atoms with E-state index in [0.717, 1.165) is 37.2 Å². The SMILES string of the molecule is CCCCc1ncc(CN2C[C@H](C3CC3)[C@@H](N)C2)[nH]1.Cl.Cl. The molecule has 1 saturated carbocycles. The second kappa shape index (κ2) is 8.37. The van der Waals surface area contributed by atoms with Gasteiger partial charge in [-0.25, -0.2) is 4.98 Å². The van der Waals surface area contributed by atoms with Gasteiger partial charge in [0.25, 0.3) is 0 Å². The number of likely N-dealkylation sites (tertiary alicyclic amines) is 1. The fraction of sp³-hybridized carbons (Fsp3) is 0.800. The summed E-state index contributed by atoms with van der Waals surface area (Å²) in [6.07, 6.45) is 8.31. The Morgan fingerprint density at radius 1 is 1.33 bits per heavy atom. The number of imidazole rings is 1. The first kappa shape index (κ1) is 18.8. The van der Waals surface area contributed by atoms with Crippen molar-refractivity contribution in [3.8, 4) is 0 Å². The molecule has 2 aliphatic rings. The first-order valence-electron chi connectivity index (χ1n) is 7.77. The third kappa shape index (κ3) is 4.85. The molecule has 6 heteroatoms. The van der Waals surface area contributed by atoms with Gasteiger partial charge in [0, 0.05) is 44.0 Å². The molecule has 0 spiro atoms. The van der Waals surface area contributed by atoms with Crippen molar-refractivity contribution in [2.45, 2.75) is 51.6 Å². The molecule has 3 rings (SSSR count). The average Bonchev–Trinajstić information content (AvgIpc) is 3.04. The van der Waals surface area contributed by atoms with Crippen molar-refractivity contribution >= 4 is 24.8 Å². The van der Waals surface area contributed by atoms with Gasteiger partial charge in [-0.15, -0.1) is 24.8 Å². The number of aromatic amines is 1. The number of nitrogens with zero attached hydrogens (tertiary/aromatic N) is 2. The minimum atomic E-state index is 0. The molecule has 0 radical (unpaired) electrons. The lowest BCUT2D eigenvalue weighted by Crippen LogP contribution is -2.30. The number of H-pyrrole nitrogens is 1. The maximum atomic E-state index is 6.27. The van der Waals surface area contributed by atoms with Gasteiger partial charge in [-0.05, 0) is 31.1 Å². The second-order valence-electron chi connectivity index (χ2n) is 6.32. The lowest BCUT2D eigenvalue weighted by molar-refractivity contribution is 0.306. The predicted octanol–water partition coefficient (Wildman–Crippen LogP) is 2.77. The van der Waals surface area contributed by atoms with Crippen LogP contribution in [0.3, 0.4) is 0 Å². The van der Waals surface area contributed by atoms with E-state index in [-0.39, 0.29) is 24.8 Å². The van der Waals surface area contributed by atoms with E-state index >= 15 is 0 Å². The van der Waals surface area contributed by atoms with Crippen LogP contribution in [0.4, 0.5) is 0 Å². The van der Waals surface area contributed by atoms with E-state index in [4.69, 9.17) is 5.73 Å². The van der Waals surface area contributed by atoms with Crippen molar-refractivity contribution in [3.63, 3.8) is 0 Å². The standard InChI is InChI=1S/C15H26N4.2ClH/c1-2-3-4-15-17-7-12(18-15)8-19-9-13(11-5-6-11)14(16)10-19;;/h7,11,13-14H,2-6,8-10,16H2,1H3,(H,17,18);2*1H/t13-,14+;;/m1../s1. The number of aromatic nitrogens is 2. The van der Waals surface area contributed by atoms with Gasteiger partial charge < -0.3 is 10.7 Å². The van der Waals surface area contributed by atoms with E-state index < -0.39 is 0 Å². The summed E-state index contributed by atoms with van der Waals surface area (Å²) in [7, 11) is 0. The zero-order chi connectivity index (χ0) is 13.2. The summed E-state index contributed by atoms with van der Waals surface area (Å²) in [5, 5.41) is 0. The molecular weight excluding hydrogens is 307 g/mol. The minimum Gasteiger partial charge on any atom is -0.345 e. The third-order valence-corrected chi connectivity index (χ3v) is 4.56. The quantitative estimate of drug-likeness (QED) is 0.840. The van der Waals surface area contributed by atoms with E-state index in [2.05, 4.69) is 21.8 Å². The largest absolute Gasteiger partial charge is 0.345 e. The normalized spacial score (nSPS) is 25.4. The third-order valence-electron chi connectivity index (χ3n) is 4.56. The van der Waals surface area contributed by atoms with Gasteiger partial charge in [0.2, 0.25) is 0 Å². The van der Waals surface area contributed by atoms with Crippen LogP contribution in [0.25, 0.3) is 0 Å². The van der Waals surface area contributed by atoms with Gasteiger partial charge in [-0.1, -0.05) is 13.3 Å². The highest BCUT2D eigenvalue weighted by Gasteiger charge is 2.40. The molecule has 2 heterocycles. The summed E-state index contributed by atoms with van der Waals surface area (Å²) in [6.45, 7) is 5.42. The fourth-order valence-corrected chi connectivity index (χ4v) is 3.29. The Bertz CT molecular complexity index is 420. The smallest absolute Gasteiger partial charge is 0.106 e. The molecule has 2 atom stereocenters. The van der Waals surface area contributed by atoms with Crippen LogP contribution in [0, 0.1) is 11.8 Å². The molecule has 0 amide bonds. The Hall–Kier alpha value is -0.290. The number of aryl methyl sites for hydroxylation is 1. The second-order valence-corrected chi connectivity index (χ2v) is 6.32. The van der Waals surface area contributed by atoms with E-state index in [9.17, 15) is 0 Å². The van der Waals surface area contributed by atoms with Crippen molar-refractivity contribution in [2.24, 2.45) is 17.6 Å². The maximum Gasteiger partial charge on any atom is 0.106 e. The molecule has 1 aliphatic carbocycles. The molecule has 0 unspecified atom stereocenters. The van der Waals surface area contributed by atoms with Gasteiger partial charge in [-0.3, -0.25) is 4.90 Å². The number of nitrogens with two attached hydrogens (primary N) is 1. The van der Waals surface area contributed by atoms with Gasteiger partial charge in [0.05, 0.1) is 0 Å². The molecule has 3 N–H and O–H groups in total. The summed E-state index contributed by atoms with van der Waals surface area (Å²) in [5.41, 5.74) is 7.51. The number of nitrogens with one attached hydrogen (secondary N) is 1. The molecule has 2 fully saturated rings. The van der Waals surface area contributed by atoms with Crippen LogP contribution in [-0.2, 0) is 13.0 Å². The van der Waals surface area contributed by atoms with Gasteiger partial charge in [-0.2, -0.15) is 0 Å². The van der Waals surface area contributed by atoms with Crippen LogP contribution in [-0.4, -0.2) is 34.0 Å². The van der Waals surface area contributed by atoms with E-state index in [1.54, 1.807) is 0 Å². The summed E-state index contributed by atoms with van der Waals surface area (Å²) in [4.78, 5) is 10.4. The van der Waals surface area contributed by atoms with Gasteiger partial charge in [0.1, 0.15) is 5.82 Å². The van der Waals surface area contributed by atoms with Crippen molar-refractivity contribution < 1.29 is 0 Å². The van der Waals surface area contributed by atoms with E-state index in [0.29, 0.717) is 6.04 Å². The van der Waals surface area contributed by atoms with Crippen molar-refractivity contribution in [2.75, 3.05) is 13.1 Å². The van der Waals surface area contributed by atoms with Crippen molar-refractivity contribution in [3.05, 3.63) is 17.7 Å². The first-order chi connectivity index (χ1) is 9.26.